The van der Waals surface area contributed by atoms with E-state index in [1.165, 1.54) is 30.2 Å². The molecule has 0 aromatic carbocycles. The van der Waals surface area contributed by atoms with Crippen molar-refractivity contribution < 1.29 is 13.5 Å². The minimum Gasteiger partial charge on any atom is -0.391 e. The number of aliphatic hydroxyl groups is 1. The largest absolute Gasteiger partial charge is 0.391 e. The summed E-state index contributed by atoms with van der Waals surface area (Å²) in [6, 6.07) is 1.74. The van der Waals surface area contributed by atoms with Crippen LogP contribution in [0.3, 0.4) is 0 Å². The Morgan fingerprint density at radius 2 is 2.16 bits per heavy atom. The Morgan fingerprint density at radius 1 is 1.47 bits per heavy atom. The molecule has 1 atom stereocenters. The molecule has 2 heterocycles. The SMILES string of the molecule is CC(CNS(=O)(=O)c1csc(CO)c1)N1CCCC1. The zero-order chi connectivity index (χ0) is 13.9. The van der Waals surface area contributed by atoms with E-state index in [9.17, 15) is 8.42 Å². The fourth-order valence-corrected chi connectivity index (χ4v) is 4.46. The normalized spacial score (nSPS) is 18.8. The molecule has 0 amide bonds. The van der Waals surface area contributed by atoms with Crippen molar-refractivity contribution in [3.05, 3.63) is 16.3 Å². The van der Waals surface area contributed by atoms with Gasteiger partial charge in [0, 0.05) is 22.8 Å². The molecule has 19 heavy (non-hydrogen) atoms. The molecular formula is C12H20N2O3S2. The summed E-state index contributed by atoms with van der Waals surface area (Å²) in [7, 11) is -3.45. The first-order valence-electron chi connectivity index (χ1n) is 6.45. The average molecular weight is 304 g/mol. The van der Waals surface area contributed by atoms with Gasteiger partial charge in [0.25, 0.3) is 0 Å². The molecule has 0 aliphatic carbocycles. The maximum absolute atomic E-state index is 12.1. The lowest BCUT2D eigenvalue weighted by atomic mass is 10.3. The molecule has 0 radical (unpaired) electrons. The van der Waals surface area contributed by atoms with E-state index in [2.05, 4.69) is 9.62 Å². The van der Waals surface area contributed by atoms with Gasteiger partial charge >= 0.3 is 0 Å². The van der Waals surface area contributed by atoms with Crippen molar-refractivity contribution in [2.75, 3.05) is 19.6 Å². The van der Waals surface area contributed by atoms with Crippen LogP contribution in [-0.4, -0.2) is 44.1 Å². The summed E-state index contributed by atoms with van der Waals surface area (Å²) in [6.07, 6.45) is 2.39. The third kappa shape index (κ3) is 3.76. The van der Waals surface area contributed by atoms with Gasteiger partial charge < -0.3 is 5.11 Å². The molecule has 1 aromatic heterocycles. The molecule has 7 heteroatoms. The quantitative estimate of drug-likeness (QED) is 0.823. The Kier molecular flexibility index (Phi) is 4.97. The van der Waals surface area contributed by atoms with Gasteiger partial charge in [0.1, 0.15) is 0 Å². The highest BCUT2D eigenvalue weighted by atomic mass is 32.2. The monoisotopic (exact) mass is 304 g/mol. The summed E-state index contributed by atoms with van der Waals surface area (Å²) < 4.78 is 26.8. The third-order valence-corrected chi connectivity index (χ3v) is 5.90. The smallest absolute Gasteiger partial charge is 0.241 e. The van der Waals surface area contributed by atoms with Gasteiger partial charge in [-0.25, -0.2) is 13.1 Å². The van der Waals surface area contributed by atoms with Gasteiger partial charge in [-0.2, -0.15) is 0 Å². The van der Waals surface area contributed by atoms with Crippen LogP contribution < -0.4 is 4.72 Å². The Morgan fingerprint density at radius 3 is 2.74 bits per heavy atom. The number of nitrogens with one attached hydrogen (secondary N) is 1. The van der Waals surface area contributed by atoms with Crippen LogP contribution in [0.5, 0.6) is 0 Å². The summed E-state index contributed by atoms with van der Waals surface area (Å²) in [5.74, 6) is 0. The van der Waals surface area contributed by atoms with Gasteiger partial charge in [-0.05, 0) is 38.9 Å². The predicted molar refractivity (Wildman–Crippen MR) is 75.7 cm³/mol. The molecule has 0 saturated carbocycles. The van der Waals surface area contributed by atoms with Gasteiger partial charge in [-0.3, -0.25) is 4.90 Å². The summed E-state index contributed by atoms with van der Waals surface area (Å²) >= 11 is 1.26. The van der Waals surface area contributed by atoms with E-state index in [0.29, 0.717) is 11.4 Å². The highest BCUT2D eigenvalue weighted by Crippen LogP contribution is 2.19. The molecule has 5 nitrogen and oxygen atoms in total. The van der Waals surface area contributed by atoms with Crippen LogP contribution in [0.15, 0.2) is 16.3 Å². The highest BCUT2D eigenvalue weighted by Gasteiger charge is 2.21. The first kappa shape index (κ1) is 14.9. The van der Waals surface area contributed by atoms with E-state index in [0.717, 1.165) is 13.1 Å². The van der Waals surface area contributed by atoms with Gasteiger partial charge in [-0.1, -0.05) is 0 Å². The lowest BCUT2D eigenvalue weighted by Gasteiger charge is -2.23. The van der Waals surface area contributed by atoms with E-state index < -0.39 is 10.0 Å². The van der Waals surface area contributed by atoms with Crippen molar-refractivity contribution in [1.82, 2.24) is 9.62 Å². The molecule has 2 rings (SSSR count). The topological polar surface area (TPSA) is 69.6 Å². The number of nitrogens with zero attached hydrogens (tertiary/aromatic N) is 1. The molecule has 0 spiro atoms. The minimum absolute atomic E-state index is 0.121. The van der Waals surface area contributed by atoms with Gasteiger partial charge in [0.2, 0.25) is 10.0 Å². The lowest BCUT2D eigenvalue weighted by Crippen LogP contribution is -2.40. The molecule has 108 valence electrons. The second kappa shape index (κ2) is 6.32. The number of likely N-dealkylation sites (tertiary alicyclic amines) is 1. The first-order chi connectivity index (χ1) is 9.03. The molecule has 1 fully saturated rings. The Bertz CT molecular complexity index is 507. The average Bonchev–Trinajstić information content (AvgIpc) is 3.06. The predicted octanol–water partition coefficient (Wildman–Crippen LogP) is 1.00. The molecule has 1 aliphatic rings. The maximum atomic E-state index is 12.1. The van der Waals surface area contributed by atoms with Crippen molar-refractivity contribution in [2.45, 2.75) is 37.3 Å². The van der Waals surface area contributed by atoms with E-state index >= 15 is 0 Å². The Balaban J connectivity index is 1.93. The fraction of sp³-hybridized carbons (Fsp3) is 0.667. The second-order valence-electron chi connectivity index (χ2n) is 4.85. The van der Waals surface area contributed by atoms with Crippen LogP contribution in [0.25, 0.3) is 0 Å². The number of aliphatic hydroxyl groups excluding tert-OH is 1. The zero-order valence-electron chi connectivity index (χ0n) is 11.0. The van der Waals surface area contributed by atoms with Crippen LogP contribution in [0.1, 0.15) is 24.6 Å². The van der Waals surface area contributed by atoms with Crippen LogP contribution in [0, 0.1) is 0 Å². The van der Waals surface area contributed by atoms with Crippen LogP contribution in [0.2, 0.25) is 0 Å². The fourth-order valence-electron chi connectivity index (χ4n) is 2.21. The van der Waals surface area contributed by atoms with Crippen molar-refractivity contribution in [1.29, 1.82) is 0 Å². The molecule has 2 N–H and O–H groups in total. The van der Waals surface area contributed by atoms with Crippen LogP contribution in [0.4, 0.5) is 0 Å². The zero-order valence-corrected chi connectivity index (χ0v) is 12.6. The van der Waals surface area contributed by atoms with Gasteiger partial charge in [-0.15, -0.1) is 11.3 Å². The summed E-state index contributed by atoms with van der Waals surface area (Å²) in [4.78, 5) is 3.21. The molecule has 1 unspecified atom stereocenters. The van der Waals surface area contributed by atoms with Crippen molar-refractivity contribution >= 4 is 21.4 Å². The molecular weight excluding hydrogens is 284 g/mol. The summed E-state index contributed by atoms with van der Waals surface area (Å²) in [6.45, 7) is 4.45. The van der Waals surface area contributed by atoms with Crippen LogP contribution >= 0.6 is 11.3 Å². The summed E-state index contributed by atoms with van der Waals surface area (Å²) in [5.41, 5.74) is 0. The van der Waals surface area contributed by atoms with Crippen molar-refractivity contribution in [2.24, 2.45) is 0 Å². The number of thiophene rings is 1. The molecule has 0 bridgehead atoms. The summed E-state index contributed by atoms with van der Waals surface area (Å²) in [5, 5.41) is 10.5. The molecule has 1 saturated heterocycles. The van der Waals surface area contributed by atoms with Crippen LogP contribution in [-0.2, 0) is 16.6 Å². The minimum atomic E-state index is -3.45. The number of hydrogen-bond acceptors (Lipinski definition) is 5. The Hall–Kier alpha value is -0.470. The number of rotatable bonds is 6. The van der Waals surface area contributed by atoms with E-state index in [4.69, 9.17) is 5.11 Å². The first-order valence-corrected chi connectivity index (χ1v) is 8.81. The highest BCUT2D eigenvalue weighted by molar-refractivity contribution is 7.89. The lowest BCUT2D eigenvalue weighted by molar-refractivity contribution is 0.260. The maximum Gasteiger partial charge on any atom is 0.241 e. The Labute approximate surface area is 118 Å². The van der Waals surface area contributed by atoms with Crippen molar-refractivity contribution in [3.63, 3.8) is 0 Å². The second-order valence-corrected chi connectivity index (χ2v) is 7.61. The molecule has 1 aromatic rings. The number of sulfonamides is 1. The number of hydrogen-bond donors (Lipinski definition) is 2. The standard InChI is InChI=1S/C12H20N2O3S2/c1-10(14-4-2-3-5-14)7-13-19(16,17)12-6-11(8-15)18-9-12/h6,9-10,13,15H,2-5,7-8H2,1H3. The van der Waals surface area contributed by atoms with E-state index in [1.54, 1.807) is 5.38 Å². The van der Waals surface area contributed by atoms with E-state index in [-0.39, 0.29) is 17.5 Å². The van der Waals surface area contributed by atoms with E-state index in [1.807, 2.05) is 6.92 Å². The molecule has 1 aliphatic heterocycles. The van der Waals surface area contributed by atoms with Gasteiger partial charge in [0.05, 0.1) is 11.5 Å². The van der Waals surface area contributed by atoms with Crippen molar-refractivity contribution in [3.8, 4) is 0 Å². The third-order valence-electron chi connectivity index (χ3n) is 3.43. The van der Waals surface area contributed by atoms with Gasteiger partial charge in [0.15, 0.2) is 0 Å².